The summed E-state index contributed by atoms with van der Waals surface area (Å²) in [6, 6.07) is 0. The lowest BCUT2D eigenvalue weighted by Gasteiger charge is -2.32. The Balaban J connectivity index is 2.42. The number of amides is 1. The number of quaternary nitrogens is 1. The molecular weight excluding hydrogens is 168 g/mol. The van der Waals surface area contributed by atoms with Gasteiger partial charge in [0.2, 0.25) is 5.91 Å². The van der Waals surface area contributed by atoms with Crippen LogP contribution in [0.3, 0.4) is 0 Å². The molecule has 0 aliphatic carbocycles. The molecule has 0 atom stereocenters. The van der Waals surface area contributed by atoms with Gasteiger partial charge in [0, 0.05) is 13.0 Å². The van der Waals surface area contributed by atoms with Crippen LogP contribution >= 0.6 is 0 Å². The van der Waals surface area contributed by atoms with Crippen molar-refractivity contribution in [3.8, 4) is 0 Å². The molecule has 76 valence electrons. The molecular formula is C9H19N2O2+. The molecule has 1 aliphatic heterocycles. The summed E-state index contributed by atoms with van der Waals surface area (Å²) in [6.45, 7) is 2.48. The number of hydrogen-bond acceptors (Lipinski definition) is 2. The number of carbonyl (C=O) groups excluding carboxylic acids is 1. The minimum atomic E-state index is 0.176. The molecule has 4 heteroatoms. The lowest BCUT2D eigenvalue weighted by Crippen LogP contribution is -2.50. The molecule has 1 rings (SSSR count). The van der Waals surface area contributed by atoms with Crippen LogP contribution in [0, 0.1) is 0 Å². The topological polar surface area (TPSA) is 40.5 Å². The van der Waals surface area contributed by atoms with Crippen LogP contribution in [0.5, 0.6) is 0 Å². The summed E-state index contributed by atoms with van der Waals surface area (Å²) < 4.78 is 0.683. The Kier molecular flexibility index (Phi) is 3.27. The molecule has 0 spiro atoms. The third-order valence-corrected chi connectivity index (χ3v) is 2.43. The predicted octanol–water partition coefficient (Wildman–Crippen LogP) is -0.365. The molecule has 4 nitrogen and oxygen atoms in total. The van der Waals surface area contributed by atoms with Crippen molar-refractivity contribution < 1.29 is 14.4 Å². The minimum Gasteiger partial charge on any atom is -0.391 e. The van der Waals surface area contributed by atoms with E-state index in [0.29, 0.717) is 17.4 Å². The predicted molar refractivity (Wildman–Crippen MR) is 49.9 cm³/mol. The number of likely N-dealkylation sites (N-methyl/N-ethyl adjacent to an activating group) is 1. The van der Waals surface area contributed by atoms with Crippen LogP contribution in [-0.4, -0.2) is 60.9 Å². The van der Waals surface area contributed by atoms with E-state index in [1.807, 2.05) is 19.0 Å². The molecule has 1 amide bonds. The van der Waals surface area contributed by atoms with E-state index < -0.39 is 0 Å². The van der Waals surface area contributed by atoms with E-state index in [1.54, 1.807) is 0 Å². The maximum absolute atomic E-state index is 11.3. The lowest BCUT2D eigenvalue weighted by molar-refractivity contribution is -0.899. The van der Waals surface area contributed by atoms with Crippen LogP contribution in [-0.2, 0) is 4.79 Å². The highest BCUT2D eigenvalue weighted by Crippen LogP contribution is 2.11. The third kappa shape index (κ3) is 2.97. The molecule has 1 N–H and O–H groups in total. The zero-order valence-corrected chi connectivity index (χ0v) is 8.49. The van der Waals surface area contributed by atoms with Gasteiger partial charge in [-0.2, -0.15) is 0 Å². The average Bonchev–Trinajstić information content (AvgIpc) is 2.35. The first-order valence-electron chi connectivity index (χ1n) is 4.76. The second-order valence-electron chi connectivity index (χ2n) is 4.29. The first-order valence-corrected chi connectivity index (χ1v) is 4.76. The minimum absolute atomic E-state index is 0.176. The number of aliphatic hydroxyl groups is 1. The molecule has 1 heterocycles. The fraction of sp³-hybridized carbons (Fsp3) is 0.889. The number of likely N-dealkylation sites (tertiary alicyclic amines) is 1. The van der Waals surface area contributed by atoms with Crippen molar-refractivity contribution in [2.75, 3.05) is 40.5 Å². The van der Waals surface area contributed by atoms with Gasteiger partial charge in [-0.05, 0) is 6.42 Å². The molecule has 0 aromatic carbocycles. The molecule has 1 fully saturated rings. The first kappa shape index (κ1) is 10.5. The van der Waals surface area contributed by atoms with E-state index in [9.17, 15) is 4.79 Å². The first-order chi connectivity index (χ1) is 6.05. The Morgan fingerprint density at radius 1 is 1.54 bits per heavy atom. The highest BCUT2D eigenvalue weighted by molar-refractivity contribution is 5.77. The van der Waals surface area contributed by atoms with Crippen molar-refractivity contribution in [3.63, 3.8) is 0 Å². The Hall–Kier alpha value is -0.610. The largest absolute Gasteiger partial charge is 0.391 e. The molecule has 1 saturated heterocycles. The zero-order valence-electron chi connectivity index (χ0n) is 8.49. The Morgan fingerprint density at radius 2 is 2.23 bits per heavy atom. The van der Waals surface area contributed by atoms with E-state index in [2.05, 4.69) is 0 Å². The lowest BCUT2D eigenvalue weighted by atomic mass is 10.4. The number of aliphatic hydroxyl groups excluding tert-OH is 1. The monoisotopic (exact) mass is 187 g/mol. The second-order valence-corrected chi connectivity index (χ2v) is 4.29. The van der Waals surface area contributed by atoms with Crippen LogP contribution < -0.4 is 0 Å². The summed E-state index contributed by atoms with van der Waals surface area (Å²) in [5, 5.41) is 8.82. The van der Waals surface area contributed by atoms with Gasteiger partial charge in [-0.3, -0.25) is 9.69 Å². The van der Waals surface area contributed by atoms with Crippen LogP contribution in [0.2, 0.25) is 0 Å². The summed E-state index contributed by atoms with van der Waals surface area (Å²) in [5.74, 6) is 0.254. The normalized spacial score (nSPS) is 18.4. The van der Waals surface area contributed by atoms with Gasteiger partial charge >= 0.3 is 0 Å². The van der Waals surface area contributed by atoms with Crippen molar-refractivity contribution in [3.05, 3.63) is 0 Å². The fourth-order valence-electron chi connectivity index (χ4n) is 1.66. The van der Waals surface area contributed by atoms with Gasteiger partial charge in [0.05, 0.1) is 20.7 Å². The molecule has 0 radical (unpaired) electrons. The molecule has 1 aliphatic rings. The van der Waals surface area contributed by atoms with Crippen molar-refractivity contribution in [2.45, 2.75) is 12.8 Å². The highest BCUT2D eigenvalue weighted by atomic mass is 16.3. The summed E-state index contributed by atoms with van der Waals surface area (Å²) in [6.07, 6.45) is 1.68. The standard InChI is InChI=1S/C9H19N2O2/c1-11(2,6-7-12)8-10-5-3-4-9(10)13/h12H,3-8H2,1-2H3/q+1. The second kappa shape index (κ2) is 4.07. The van der Waals surface area contributed by atoms with Crippen LogP contribution in [0.25, 0.3) is 0 Å². The highest BCUT2D eigenvalue weighted by Gasteiger charge is 2.26. The van der Waals surface area contributed by atoms with E-state index >= 15 is 0 Å². The summed E-state index contributed by atoms with van der Waals surface area (Å²) in [5.41, 5.74) is 0. The quantitative estimate of drug-likeness (QED) is 0.610. The third-order valence-electron chi connectivity index (χ3n) is 2.43. The Morgan fingerprint density at radius 3 is 2.69 bits per heavy atom. The Labute approximate surface area is 79.3 Å². The van der Waals surface area contributed by atoms with E-state index in [4.69, 9.17) is 5.11 Å². The summed E-state index contributed by atoms with van der Waals surface area (Å²) >= 11 is 0. The molecule has 0 aromatic rings. The summed E-state index contributed by atoms with van der Waals surface area (Å²) in [4.78, 5) is 13.2. The van der Waals surface area contributed by atoms with Gasteiger partial charge in [0.15, 0.2) is 6.67 Å². The van der Waals surface area contributed by atoms with Crippen molar-refractivity contribution in [1.29, 1.82) is 0 Å². The maximum Gasteiger partial charge on any atom is 0.226 e. The van der Waals surface area contributed by atoms with Gasteiger partial charge in [0.1, 0.15) is 6.54 Å². The van der Waals surface area contributed by atoms with Crippen LogP contribution in [0.15, 0.2) is 0 Å². The number of rotatable bonds is 4. The van der Waals surface area contributed by atoms with E-state index in [-0.39, 0.29) is 12.5 Å². The van der Waals surface area contributed by atoms with Gasteiger partial charge in [-0.15, -0.1) is 0 Å². The van der Waals surface area contributed by atoms with Crippen molar-refractivity contribution >= 4 is 5.91 Å². The van der Waals surface area contributed by atoms with Gasteiger partial charge in [-0.25, -0.2) is 0 Å². The van der Waals surface area contributed by atoms with Crippen LogP contribution in [0.4, 0.5) is 0 Å². The number of carbonyl (C=O) groups is 1. The molecule has 0 saturated carbocycles. The summed E-state index contributed by atoms with van der Waals surface area (Å²) in [7, 11) is 4.06. The maximum atomic E-state index is 11.3. The van der Waals surface area contributed by atoms with E-state index in [0.717, 1.165) is 19.6 Å². The van der Waals surface area contributed by atoms with E-state index in [1.165, 1.54) is 0 Å². The zero-order chi connectivity index (χ0) is 9.90. The molecule has 13 heavy (non-hydrogen) atoms. The van der Waals surface area contributed by atoms with Gasteiger partial charge < -0.3 is 9.59 Å². The van der Waals surface area contributed by atoms with Crippen molar-refractivity contribution in [2.24, 2.45) is 0 Å². The van der Waals surface area contributed by atoms with Crippen LogP contribution in [0.1, 0.15) is 12.8 Å². The smallest absolute Gasteiger partial charge is 0.226 e. The number of hydrogen-bond donors (Lipinski definition) is 1. The fourth-order valence-corrected chi connectivity index (χ4v) is 1.66. The SMILES string of the molecule is C[N+](C)(CCO)CN1CCCC1=O. The molecule has 0 bridgehead atoms. The average molecular weight is 187 g/mol. The number of nitrogens with zero attached hydrogens (tertiary/aromatic N) is 2. The van der Waals surface area contributed by atoms with Gasteiger partial charge in [0.25, 0.3) is 0 Å². The Bertz CT molecular complexity index is 192. The molecule has 0 unspecified atom stereocenters. The molecule has 0 aromatic heterocycles. The van der Waals surface area contributed by atoms with Crippen molar-refractivity contribution in [1.82, 2.24) is 4.90 Å². The van der Waals surface area contributed by atoms with Gasteiger partial charge in [-0.1, -0.05) is 0 Å².